The van der Waals surface area contributed by atoms with E-state index in [0.717, 1.165) is 67.4 Å². The molecule has 0 bridgehead atoms. The Morgan fingerprint density at radius 2 is 2.06 bits per heavy atom. The van der Waals surface area contributed by atoms with Crippen LogP contribution in [0, 0.1) is 6.92 Å². The van der Waals surface area contributed by atoms with E-state index in [-0.39, 0.29) is 17.7 Å². The van der Waals surface area contributed by atoms with Crippen molar-refractivity contribution in [3.63, 3.8) is 0 Å². The number of tetrazole rings is 1. The molecule has 6 rings (SSSR count). The number of aryl methyl sites for hydroxylation is 1. The van der Waals surface area contributed by atoms with Gasteiger partial charge in [-0.15, -0.1) is 5.10 Å². The molecule has 36 heavy (non-hydrogen) atoms. The van der Waals surface area contributed by atoms with E-state index >= 15 is 0 Å². The van der Waals surface area contributed by atoms with Crippen LogP contribution in [0.4, 0.5) is 0 Å². The van der Waals surface area contributed by atoms with Crippen molar-refractivity contribution in [2.24, 2.45) is 0 Å². The van der Waals surface area contributed by atoms with Crippen LogP contribution in [-0.4, -0.2) is 49.3 Å². The molecule has 188 valence electrons. The van der Waals surface area contributed by atoms with Gasteiger partial charge in [0.15, 0.2) is 5.82 Å². The third-order valence-corrected chi connectivity index (χ3v) is 7.52. The lowest BCUT2D eigenvalue weighted by Gasteiger charge is -2.32. The van der Waals surface area contributed by atoms with Crippen LogP contribution in [0.3, 0.4) is 0 Å². The number of hydrogen-bond acceptors (Lipinski definition) is 7. The van der Waals surface area contributed by atoms with E-state index in [9.17, 15) is 4.79 Å². The highest BCUT2D eigenvalue weighted by molar-refractivity contribution is 5.79. The fraction of sp³-hybridized carbons (Fsp3) is 0.481. The number of nitrogens with zero attached hydrogens (tertiary/aromatic N) is 5. The molecule has 0 unspecified atom stereocenters. The number of nitrogens with one attached hydrogen (secondary N) is 1. The summed E-state index contributed by atoms with van der Waals surface area (Å²) in [5, 5.41) is 14.0. The van der Waals surface area contributed by atoms with Crippen LogP contribution in [0.25, 0.3) is 10.9 Å². The third-order valence-electron chi connectivity index (χ3n) is 7.52. The number of ether oxygens (including phenoxy) is 1. The minimum absolute atomic E-state index is 0.0838. The topological polar surface area (TPSA) is 102 Å². The summed E-state index contributed by atoms with van der Waals surface area (Å²) in [4.78, 5) is 19.0. The maximum Gasteiger partial charge on any atom is 0.253 e. The van der Waals surface area contributed by atoms with Crippen molar-refractivity contribution in [2.75, 3.05) is 13.2 Å². The molecule has 1 saturated heterocycles. The number of benzene rings is 1. The summed E-state index contributed by atoms with van der Waals surface area (Å²) in [5.74, 6) is 1.52. The summed E-state index contributed by atoms with van der Waals surface area (Å²) >= 11 is 0. The molecule has 3 aromatic heterocycles. The van der Waals surface area contributed by atoms with Gasteiger partial charge in [0.25, 0.3) is 5.56 Å². The molecule has 2 atom stereocenters. The second-order valence-corrected chi connectivity index (χ2v) is 10.1. The fourth-order valence-corrected chi connectivity index (χ4v) is 5.74. The van der Waals surface area contributed by atoms with Crippen LogP contribution in [-0.2, 0) is 11.3 Å². The van der Waals surface area contributed by atoms with Crippen molar-refractivity contribution in [3.05, 3.63) is 75.7 Å². The highest BCUT2D eigenvalue weighted by Crippen LogP contribution is 2.35. The first-order valence-corrected chi connectivity index (χ1v) is 12.9. The van der Waals surface area contributed by atoms with Crippen molar-refractivity contribution in [1.82, 2.24) is 30.1 Å². The standard InChI is InChI=1S/C27H32N6O3/c1-18-10-11-19-15-23(27(34)28-24(19)14-18)25(26-29-30-31-33(26)20-6-2-3-7-20)32(16-21-8-4-12-35-21)17-22-9-5-13-36-22/h4,8,10-12,14-15,20,22,25H,2-3,5-7,9,13,16-17H2,1H3,(H,28,34)/t22-,25-/m1/s1. The number of H-pyrrole nitrogens is 1. The van der Waals surface area contributed by atoms with Crippen LogP contribution in [0.1, 0.15) is 73.3 Å². The van der Waals surface area contributed by atoms with E-state index < -0.39 is 6.04 Å². The maximum absolute atomic E-state index is 13.6. The van der Waals surface area contributed by atoms with E-state index in [1.54, 1.807) is 6.26 Å². The van der Waals surface area contributed by atoms with E-state index in [1.807, 2.05) is 35.9 Å². The van der Waals surface area contributed by atoms with Gasteiger partial charge in [0.1, 0.15) is 11.8 Å². The minimum Gasteiger partial charge on any atom is -0.468 e. The summed E-state index contributed by atoms with van der Waals surface area (Å²) in [7, 11) is 0. The van der Waals surface area contributed by atoms with Crippen molar-refractivity contribution in [1.29, 1.82) is 0 Å². The molecule has 9 nitrogen and oxygen atoms in total. The molecule has 0 radical (unpaired) electrons. The number of hydrogen-bond donors (Lipinski definition) is 1. The molecule has 1 aliphatic carbocycles. The number of aromatic nitrogens is 5. The normalized spacial score (nSPS) is 19.6. The molecule has 1 aliphatic heterocycles. The summed E-state index contributed by atoms with van der Waals surface area (Å²) in [6.45, 7) is 3.95. The molecule has 9 heteroatoms. The maximum atomic E-state index is 13.6. The summed E-state index contributed by atoms with van der Waals surface area (Å²) in [6, 6.07) is 11.8. The monoisotopic (exact) mass is 488 g/mol. The molecule has 1 aromatic carbocycles. The van der Waals surface area contributed by atoms with Crippen LogP contribution in [0.2, 0.25) is 0 Å². The highest BCUT2D eigenvalue weighted by atomic mass is 16.5. The SMILES string of the molecule is Cc1ccc2cc([C@H](c3nnnn3C3CCCC3)N(Cc3ccco3)C[C@H]3CCCO3)c(=O)[nH]c2c1. The minimum atomic E-state index is -0.454. The molecule has 0 amide bonds. The van der Waals surface area contributed by atoms with Crippen LogP contribution in [0.5, 0.6) is 0 Å². The lowest BCUT2D eigenvalue weighted by molar-refractivity contribution is 0.0541. The van der Waals surface area contributed by atoms with Gasteiger partial charge < -0.3 is 14.1 Å². The molecule has 0 spiro atoms. The number of furan rings is 1. The Balaban J connectivity index is 1.50. The van der Waals surface area contributed by atoms with E-state index in [4.69, 9.17) is 9.15 Å². The number of aromatic amines is 1. The lowest BCUT2D eigenvalue weighted by atomic mass is 10.0. The molecule has 4 heterocycles. The first kappa shape index (κ1) is 23.1. The zero-order valence-electron chi connectivity index (χ0n) is 20.6. The van der Waals surface area contributed by atoms with E-state index in [1.165, 1.54) is 0 Å². The molecule has 2 fully saturated rings. The predicted octanol–water partition coefficient (Wildman–Crippen LogP) is 4.30. The van der Waals surface area contributed by atoms with Gasteiger partial charge in [-0.25, -0.2) is 4.68 Å². The molecule has 4 aromatic rings. The van der Waals surface area contributed by atoms with Gasteiger partial charge in [-0.05, 0) is 78.2 Å². The largest absolute Gasteiger partial charge is 0.468 e. The Morgan fingerprint density at radius 3 is 2.83 bits per heavy atom. The number of rotatable bonds is 8. The van der Waals surface area contributed by atoms with Crippen molar-refractivity contribution in [3.8, 4) is 0 Å². The van der Waals surface area contributed by atoms with Gasteiger partial charge in [0, 0.05) is 24.2 Å². The van der Waals surface area contributed by atoms with Crippen molar-refractivity contribution < 1.29 is 9.15 Å². The van der Waals surface area contributed by atoms with Gasteiger partial charge in [-0.1, -0.05) is 25.0 Å². The predicted molar refractivity (Wildman–Crippen MR) is 135 cm³/mol. The summed E-state index contributed by atoms with van der Waals surface area (Å²) in [5.41, 5.74) is 2.43. The summed E-state index contributed by atoms with van der Waals surface area (Å²) in [6.07, 6.45) is 8.21. The van der Waals surface area contributed by atoms with Gasteiger partial charge in [0.2, 0.25) is 0 Å². The Kier molecular flexibility index (Phi) is 6.41. The average Bonchev–Trinajstić information content (AvgIpc) is 3.68. The Morgan fingerprint density at radius 1 is 1.17 bits per heavy atom. The quantitative estimate of drug-likeness (QED) is 0.394. The van der Waals surface area contributed by atoms with Crippen LogP contribution >= 0.6 is 0 Å². The second kappa shape index (κ2) is 9.99. The Hall–Kier alpha value is -3.30. The zero-order valence-corrected chi connectivity index (χ0v) is 20.6. The number of fused-ring (bicyclic) bond motifs is 1. The number of pyridine rings is 1. The van der Waals surface area contributed by atoms with Gasteiger partial charge in [-0.3, -0.25) is 9.69 Å². The highest BCUT2D eigenvalue weighted by Gasteiger charge is 2.35. The lowest BCUT2D eigenvalue weighted by Crippen LogP contribution is -2.39. The van der Waals surface area contributed by atoms with Gasteiger partial charge >= 0.3 is 0 Å². The fourth-order valence-electron chi connectivity index (χ4n) is 5.74. The first-order chi connectivity index (χ1) is 17.7. The molecular weight excluding hydrogens is 456 g/mol. The molecular formula is C27H32N6O3. The third kappa shape index (κ3) is 4.60. The Labute approximate surface area is 209 Å². The van der Waals surface area contributed by atoms with Crippen LogP contribution < -0.4 is 5.56 Å². The van der Waals surface area contributed by atoms with Crippen molar-refractivity contribution in [2.45, 2.75) is 70.2 Å². The molecule has 2 aliphatic rings. The van der Waals surface area contributed by atoms with Crippen molar-refractivity contribution >= 4 is 10.9 Å². The van der Waals surface area contributed by atoms with Gasteiger partial charge in [-0.2, -0.15) is 0 Å². The van der Waals surface area contributed by atoms with E-state index in [0.29, 0.717) is 24.5 Å². The summed E-state index contributed by atoms with van der Waals surface area (Å²) < 4.78 is 13.7. The van der Waals surface area contributed by atoms with Crippen LogP contribution in [0.15, 0.2) is 51.9 Å². The van der Waals surface area contributed by atoms with E-state index in [2.05, 4.69) is 37.5 Å². The Bertz CT molecular complexity index is 1370. The first-order valence-electron chi connectivity index (χ1n) is 12.9. The molecule has 1 saturated carbocycles. The average molecular weight is 489 g/mol. The smallest absolute Gasteiger partial charge is 0.253 e. The van der Waals surface area contributed by atoms with Gasteiger partial charge in [0.05, 0.1) is 25.0 Å². The zero-order chi connectivity index (χ0) is 24.5. The second-order valence-electron chi connectivity index (χ2n) is 10.1. The molecule has 1 N–H and O–H groups in total.